The van der Waals surface area contributed by atoms with Gasteiger partial charge in [0.1, 0.15) is 0 Å². The quantitative estimate of drug-likeness (QED) is 0.722. The molecule has 0 atom stereocenters. The van der Waals surface area contributed by atoms with Gasteiger partial charge in [-0.1, -0.05) is 30.3 Å². The van der Waals surface area contributed by atoms with E-state index in [1.54, 1.807) is 0 Å². The maximum atomic E-state index is 12.0. The molecule has 0 saturated heterocycles. The van der Waals surface area contributed by atoms with Crippen LogP contribution in [-0.4, -0.2) is 27.1 Å². The molecule has 19 heavy (non-hydrogen) atoms. The van der Waals surface area contributed by atoms with E-state index in [1.165, 1.54) is 0 Å². The maximum absolute atomic E-state index is 12.0. The Kier molecular flexibility index (Phi) is 4.90. The zero-order chi connectivity index (χ0) is 13.7. The first-order valence-electron chi connectivity index (χ1n) is 6.17. The lowest BCUT2D eigenvalue weighted by Crippen LogP contribution is -2.36. The molecular formula is C13H17FO4S. The largest absolute Gasteiger partial charge is 0.376 e. The molecule has 106 valence electrons. The van der Waals surface area contributed by atoms with E-state index in [1.807, 2.05) is 30.3 Å². The number of rotatable bonds is 7. The highest BCUT2D eigenvalue weighted by molar-refractivity contribution is 7.86. The van der Waals surface area contributed by atoms with Gasteiger partial charge in [-0.05, 0) is 24.3 Å². The van der Waals surface area contributed by atoms with E-state index in [0.717, 1.165) is 5.56 Å². The van der Waals surface area contributed by atoms with Gasteiger partial charge in [0, 0.05) is 0 Å². The fourth-order valence-corrected chi connectivity index (χ4v) is 2.66. The highest BCUT2D eigenvalue weighted by atomic mass is 32.2. The zero-order valence-corrected chi connectivity index (χ0v) is 11.3. The van der Waals surface area contributed by atoms with Crippen LogP contribution in [0.1, 0.15) is 18.4 Å². The molecule has 0 N–H and O–H groups in total. The lowest BCUT2D eigenvalue weighted by molar-refractivity contribution is -0.000275. The summed E-state index contributed by atoms with van der Waals surface area (Å²) in [6.45, 7) is 1.12. The molecule has 6 heteroatoms. The molecular weight excluding hydrogens is 271 g/mol. The predicted octanol–water partition coefficient (Wildman–Crippen LogP) is 2.26. The van der Waals surface area contributed by atoms with Gasteiger partial charge in [-0.3, -0.25) is 4.18 Å². The molecule has 0 spiro atoms. The molecule has 1 aliphatic carbocycles. The third kappa shape index (κ3) is 4.56. The van der Waals surface area contributed by atoms with Gasteiger partial charge in [0.15, 0.2) is 0 Å². The number of alkyl halides is 1. The highest BCUT2D eigenvalue weighted by Crippen LogP contribution is 2.31. The Morgan fingerprint density at radius 3 is 2.53 bits per heavy atom. The smallest absolute Gasteiger partial charge is 0.297 e. The van der Waals surface area contributed by atoms with E-state index in [9.17, 15) is 12.8 Å². The fraction of sp³-hybridized carbons (Fsp3) is 0.538. The molecule has 1 saturated carbocycles. The summed E-state index contributed by atoms with van der Waals surface area (Å²) >= 11 is 0. The maximum Gasteiger partial charge on any atom is 0.297 e. The minimum absolute atomic E-state index is 0.295. The summed E-state index contributed by atoms with van der Waals surface area (Å²) < 4.78 is 44.0. The molecule has 0 heterocycles. The van der Waals surface area contributed by atoms with Gasteiger partial charge in [0.2, 0.25) is 6.01 Å². The second-order valence-corrected chi connectivity index (χ2v) is 6.25. The molecule has 1 aromatic rings. The molecule has 2 rings (SSSR count). The first-order valence-corrected chi connectivity index (χ1v) is 7.75. The van der Waals surface area contributed by atoms with E-state index in [4.69, 9.17) is 4.74 Å². The van der Waals surface area contributed by atoms with Gasteiger partial charge in [-0.15, -0.1) is 0 Å². The lowest BCUT2D eigenvalue weighted by atomic mass is 9.83. The highest BCUT2D eigenvalue weighted by Gasteiger charge is 2.33. The minimum Gasteiger partial charge on any atom is -0.376 e. The number of hydrogen-bond acceptors (Lipinski definition) is 4. The summed E-state index contributed by atoms with van der Waals surface area (Å²) in [7, 11) is -3.97. The fourth-order valence-electron chi connectivity index (χ4n) is 2.04. The Balaban J connectivity index is 1.61. The summed E-state index contributed by atoms with van der Waals surface area (Å²) in [6, 6.07) is 8.36. The number of ether oxygens (including phenoxy) is 1. The van der Waals surface area contributed by atoms with Crippen LogP contribution in [0.2, 0.25) is 0 Å². The normalized spacial score (nSPS) is 23.0. The summed E-state index contributed by atoms with van der Waals surface area (Å²) in [5, 5.41) is 0. The van der Waals surface area contributed by atoms with E-state index >= 15 is 0 Å². The van der Waals surface area contributed by atoms with Crippen LogP contribution >= 0.6 is 0 Å². The number of hydrogen-bond donors (Lipinski definition) is 0. The van der Waals surface area contributed by atoms with Crippen molar-refractivity contribution in [2.24, 2.45) is 5.92 Å². The van der Waals surface area contributed by atoms with Crippen LogP contribution in [0.4, 0.5) is 4.39 Å². The molecule has 1 aliphatic rings. The average molecular weight is 288 g/mol. The molecule has 4 nitrogen and oxygen atoms in total. The zero-order valence-electron chi connectivity index (χ0n) is 10.5. The van der Waals surface area contributed by atoms with Crippen molar-refractivity contribution in [3.8, 4) is 0 Å². The van der Waals surface area contributed by atoms with Crippen LogP contribution in [0.3, 0.4) is 0 Å². The Hall–Kier alpha value is -0.980. The molecule has 1 aromatic carbocycles. The summed E-state index contributed by atoms with van der Waals surface area (Å²) in [6.07, 6.45) is 0.827. The van der Waals surface area contributed by atoms with Gasteiger partial charge >= 0.3 is 0 Å². The Labute approximate surface area is 112 Å². The topological polar surface area (TPSA) is 52.6 Å². The van der Waals surface area contributed by atoms with Crippen molar-refractivity contribution in [2.45, 2.75) is 25.6 Å². The van der Waals surface area contributed by atoms with Crippen molar-refractivity contribution >= 4 is 10.1 Å². The van der Waals surface area contributed by atoms with E-state index < -0.39 is 16.1 Å². The molecule has 0 bridgehead atoms. The second-order valence-electron chi connectivity index (χ2n) is 4.72. The predicted molar refractivity (Wildman–Crippen MR) is 68.6 cm³/mol. The van der Waals surface area contributed by atoms with E-state index in [-0.39, 0.29) is 6.10 Å². The van der Waals surface area contributed by atoms with Crippen molar-refractivity contribution in [3.63, 3.8) is 0 Å². The van der Waals surface area contributed by atoms with Gasteiger partial charge in [-0.25, -0.2) is 4.39 Å². The van der Waals surface area contributed by atoms with Crippen molar-refractivity contribution in [1.29, 1.82) is 0 Å². The molecule has 0 radical (unpaired) electrons. The van der Waals surface area contributed by atoms with Crippen molar-refractivity contribution in [1.82, 2.24) is 0 Å². The van der Waals surface area contributed by atoms with Gasteiger partial charge < -0.3 is 4.74 Å². The number of halogens is 1. The van der Waals surface area contributed by atoms with Crippen LogP contribution in [0, 0.1) is 5.92 Å². The van der Waals surface area contributed by atoms with Crippen LogP contribution in [0.15, 0.2) is 30.3 Å². The summed E-state index contributed by atoms with van der Waals surface area (Å²) in [5.41, 5.74) is 1.11. The van der Waals surface area contributed by atoms with E-state index in [0.29, 0.717) is 32.0 Å². The van der Waals surface area contributed by atoms with Crippen LogP contribution in [0.5, 0.6) is 0 Å². The molecule has 0 unspecified atom stereocenters. The van der Waals surface area contributed by atoms with Crippen molar-refractivity contribution in [2.75, 3.05) is 12.6 Å². The third-order valence-corrected chi connectivity index (χ3v) is 3.91. The summed E-state index contributed by atoms with van der Waals surface area (Å²) in [4.78, 5) is 0. The van der Waals surface area contributed by atoms with Crippen molar-refractivity contribution < 1.29 is 21.7 Å². The van der Waals surface area contributed by atoms with Gasteiger partial charge in [0.25, 0.3) is 10.1 Å². The van der Waals surface area contributed by atoms with E-state index in [2.05, 4.69) is 4.18 Å². The first kappa shape index (κ1) is 14.4. The third-order valence-electron chi connectivity index (χ3n) is 3.07. The molecule has 0 aliphatic heterocycles. The number of benzene rings is 1. The van der Waals surface area contributed by atoms with Gasteiger partial charge in [0.05, 0.1) is 19.3 Å². The lowest BCUT2D eigenvalue weighted by Gasteiger charge is -2.33. The average Bonchev–Trinajstić information content (AvgIpc) is 2.37. The van der Waals surface area contributed by atoms with Crippen LogP contribution in [-0.2, 0) is 25.6 Å². The Bertz CT molecular complexity index is 483. The molecule has 0 amide bonds. The first-order chi connectivity index (χ1) is 9.09. The van der Waals surface area contributed by atoms with Crippen molar-refractivity contribution in [3.05, 3.63) is 35.9 Å². The monoisotopic (exact) mass is 288 g/mol. The Morgan fingerprint density at radius 2 is 1.89 bits per heavy atom. The van der Waals surface area contributed by atoms with Gasteiger partial charge in [-0.2, -0.15) is 8.42 Å². The Morgan fingerprint density at radius 1 is 1.21 bits per heavy atom. The molecule has 1 fully saturated rings. The van der Waals surface area contributed by atoms with Crippen LogP contribution < -0.4 is 0 Å². The standard InChI is InChI=1S/C13H17FO4S/c14-10-19(15,16)18-13-6-12(7-13)9-17-8-11-4-2-1-3-5-11/h1-5,12-13H,6-10H2. The molecule has 0 aromatic heterocycles. The summed E-state index contributed by atoms with van der Waals surface area (Å²) in [5.74, 6) is 0.295. The minimum atomic E-state index is -3.97. The van der Waals surface area contributed by atoms with Crippen LogP contribution in [0.25, 0.3) is 0 Å². The SMILES string of the molecule is O=S(=O)(CF)OC1CC(COCc2ccccc2)C1. The second kappa shape index (κ2) is 6.45.